The molecule has 3 N–H and O–H groups in total. The number of hydrogen-bond acceptors (Lipinski definition) is 3. The molecule has 0 bridgehead atoms. The zero-order valence-electron chi connectivity index (χ0n) is 11.0. The number of hydrogen-bond donors (Lipinski definition) is 2. The van der Waals surface area contributed by atoms with E-state index < -0.39 is 0 Å². The van der Waals surface area contributed by atoms with E-state index in [9.17, 15) is 0 Å². The fourth-order valence-corrected chi connectivity index (χ4v) is 2.39. The molecule has 1 fully saturated rings. The number of amidine groups is 1. The van der Waals surface area contributed by atoms with Crippen LogP contribution in [0.5, 0.6) is 5.88 Å². The molecular formula is C14H21N3O. The van der Waals surface area contributed by atoms with Gasteiger partial charge in [0, 0.05) is 17.8 Å². The second-order valence-corrected chi connectivity index (χ2v) is 5.31. The van der Waals surface area contributed by atoms with E-state index >= 15 is 0 Å². The molecule has 18 heavy (non-hydrogen) atoms. The summed E-state index contributed by atoms with van der Waals surface area (Å²) in [4.78, 5) is 4.20. The number of nitrogens with one attached hydrogen (secondary N) is 1. The van der Waals surface area contributed by atoms with Gasteiger partial charge in [0.15, 0.2) is 0 Å². The summed E-state index contributed by atoms with van der Waals surface area (Å²) in [5, 5.41) is 7.30. The molecule has 1 aliphatic rings. The molecule has 1 saturated carbocycles. The Labute approximate surface area is 108 Å². The summed E-state index contributed by atoms with van der Waals surface area (Å²) in [6, 6.07) is 3.57. The molecule has 3 unspecified atom stereocenters. The summed E-state index contributed by atoms with van der Waals surface area (Å²) >= 11 is 0. The van der Waals surface area contributed by atoms with Gasteiger partial charge in [-0.25, -0.2) is 4.98 Å². The fraction of sp³-hybridized carbons (Fsp3) is 0.571. The monoisotopic (exact) mass is 247 g/mol. The summed E-state index contributed by atoms with van der Waals surface area (Å²) < 4.78 is 5.89. The van der Waals surface area contributed by atoms with E-state index in [0.29, 0.717) is 17.4 Å². The van der Waals surface area contributed by atoms with Crippen LogP contribution in [0.2, 0.25) is 0 Å². The number of rotatable bonds is 3. The molecule has 4 nitrogen and oxygen atoms in total. The Hall–Kier alpha value is -1.58. The number of pyridine rings is 1. The Morgan fingerprint density at radius 2 is 2.11 bits per heavy atom. The van der Waals surface area contributed by atoms with Gasteiger partial charge in [-0.3, -0.25) is 5.41 Å². The average molecular weight is 247 g/mol. The normalized spacial score (nSPS) is 27.8. The number of nitrogens with two attached hydrogens (primary N) is 1. The molecule has 1 aromatic rings. The summed E-state index contributed by atoms with van der Waals surface area (Å²) in [7, 11) is 0. The predicted octanol–water partition coefficient (Wildman–Crippen LogP) is 2.57. The van der Waals surface area contributed by atoms with Crippen LogP contribution in [-0.4, -0.2) is 16.9 Å². The molecule has 0 aliphatic heterocycles. The summed E-state index contributed by atoms with van der Waals surface area (Å²) in [5.74, 6) is 2.17. The first-order valence-electron chi connectivity index (χ1n) is 6.53. The maximum absolute atomic E-state index is 7.30. The minimum absolute atomic E-state index is 0.0363. The highest BCUT2D eigenvalue weighted by molar-refractivity contribution is 5.94. The number of ether oxygens (including phenoxy) is 1. The van der Waals surface area contributed by atoms with Crippen molar-refractivity contribution in [2.24, 2.45) is 17.6 Å². The summed E-state index contributed by atoms with van der Waals surface area (Å²) in [6.07, 6.45) is 5.27. The molecule has 4 heteroatoms. The van der Waals surface area contributed by atoms with Gasteiger partial charge >= 0.3 is 0 Å². The van der Waals surface area contributed by atoms with Gasteiger partial charge in [-0.15, -0.1) is 0 Å². The van der Waals surface area contributed by atoms with Crippen LogP contribution in [0.15, 0.2) is 18.3 Å². The van der Waals surface area contributed by atoms with E-state index in [1.165, 1.54) is 6.42 Å². The zero-order valence-corrected chi connectivity index (χ0v) is 11.0. The lowest BCUT2D eigenvalue weighted by Gasteiger charge is -2.31. The Bertz CT molecular complexity index is 416. The van der Waals surface area contributed by atoms with Crippen molar-refractivity contribution < 1.29 is 4.74 Å². The first kappa shape index (κ1) is 12.9. The van der Waals surface area contributed by atoms with Crippen molar-refractivity contribution in [1.82, 2.24) is 4.98 Å². The van der Waals surface area contributed by atoms with E-state index in [2.05, 4.69) is 18.8 Å². The van der Waals surface area contributed by atoms with Crippen molar-refractivity contribution in [2.75, 3.05) is 0 Å². The van der Waals surface area contributed by atoms with Gasteiger partial charge in [0.05, 0.1) is 0 Å². The van der Waals surface area contributed by atoms with Gasteiger partial charge in [0.1, 0.15) is 11.9 Å². The molecule has 98 valence electrons. The largest absolute Gasteiger partial charge is 0.474 e. The minimum atomic E-state index is 0.0363. The fourth-order valence-electron chi connectivity index (χ4n) is 2.39. The Balaban J connectivity index is 1.95. The number of aromatic nitrogens is 1. The van der Waals surface area contributed by atoms with Gasteiger partial charge in [0.2, 0.25) is 5.88 Å². The molecule has 0 saturated heterocycles. The van der Waals surface area contributed by atoms with Gasteiger partial charge in [-0.05, 0) is 37.2 Å². The van der Waals surface area contributed by atoms with Crippen LogP contribution < -0.4 is 10.5 Å². The van der Waals surface area contributed by atoms with Crippen molar-refractivity contribution in [3.8, 4) is 5.88 Å². The molecule has 0 amide bonds. The van der Waals surface area contributed by atoms with Crippen LogP contribution in [0, 0.1) is 17.2 Å². The Morgan fingerprint density at radius 3 is 2.67 bits per heavy atom. The van der Waals surface area contributed by atoms with E-state index in [1.54, 1.807) is 18.3 Å². The summed E-state index contributed by atoms with van der Waals surface area (Å²) in [5.41, 5.74) is 6.02. The molecule has 0 spiro atoms. The Morgan fingerprint density at radius 1 is 1.33 bits per heavy atom. The van der Waals surface area contributed by atoms with Crippen LogP contribution in [0.4, 0.5) is 0 Å². The number of nitrogens with zero attached hydrogens (tertiary/aromatic N) is 1. The van der Waals surface area contributed by atoms with E-state index in [-0.39, 0.29) is 11.9 Å². The van der Waals surface area contributed by atoms with Crippen LogP contribution in [0.25, 0.3) is 0 Å². The molecule has 2 rings (SSSR count). The topological polar surface area (TPSA) is 72.0 Å². The van der Waals surface area contributed by atoms with E-state index in [4.69, 9.17) is 15.9 Å². The molecule has 1 aliphatic carbocycles. The zero-order chi connectivity index (χ0) is 13.1. The molecule has 1 aromatic heterocycles. The second kappa shape index (κ2) is 5.38. The first-order valence-corrected chi connectivity index (χ1v) is 6.53. The highest BCUT2D eigenvalue weighted by atomic mass is 16.5. The van der Waals surface area contributed by atoms with Gasteiger partial charge in [-0.1, -0.05) is 13.8 Å². The van der Waals surface area contributed by atoms with E-state index in [0.717, 1.165) is 18.8 Å². The maximum atomic E-state index is 7.30. The van der Waals surface area contributed by atoms with Gasteiger partial charge in [-0.2, -0.15) is 0 Å². The van der Waals surface area contributed by atoms with Crippen molar-refractivity contribution in [1.29, 1.82) is 5.41 Å². The highest BCUT2D eigenvalue weighted by Gasteiger charge is 2.25. The third-order valence-electron chi connectivity index (χ3n) is 3.88. The lowest BCUT2D eigenvalue weighted by Crippen LogP contribution is -2.29. The first-order chi connectivity index (χ1) is 8.56. The second-order valence-electron chi connectivity index (χ2n) is 5.31. The third kappa shape index (κ3) is 3.00. The third-order valence-corrected chi connectivity index (χ3v) is 3.88. The standard InChI is InChI=1S/C14H21N3O/c1-9-3-5-12(7-10(9)2)18-13-6-4-11(8-17-13)14(15)16/h4,6,8-10,12H,3,5,7H2,1-2H3,(H3,15,16). The molecule has 1 heterocycles. The van der Waals surface area contributed by atoms with Crippen LogP contribution in [-0.2, 0) is 0 Å². The molecular weight excluding hydrogens is 226 g/mol. The van der Waals surface area contributed by atoms with Crippen LogP contribution in [0.1, 0.15) is 38.7 Å². The van der Waals surface area contributed by atoms with Crippen LogP contribution in [0.3, 0.4) is 0 Å². The lowest BCUT2D eigenvalue weighted by atomic mass is 9.80. The van der Waals surface area contributed by atoms with Crippen molar-refractivity contribution in [2.45, 2.75) is 39.2 Å². The highest BCUT2D eigenvalue weighted by Crippen LogP contribution is 2.31. The van der Waals surface area contributed by atoms with Crippen molar-refractivity contribution in [3.63, 3.8) is 0 Å². The van der Waals surface area contributed by atoms with Crippen molar-refractivity contribution in [3.05, 3.63) is 23.9 Å². The predicted molar refractivity (Wildman–Crippen MR) is 71.8 cm³/mol. The van der Waals surface area contributed by atoms with E-state index in [1.807, 2.05) is 0 Å². The molecule has 0 aromatic carbocycles. The minimum Gasteiger partial charge on any atom is -0.474 e. The smallest absolute Gasteiger partial charge is 0.213 e. The number of nitrogen functional groups attached to an aromatic ring is 1. The van der Waals surface area contributed by atoms with Gasteiger partial charge in [0.25, 0.3) is 0 Å². The SMILES string of the molecule is CC1CCC(Oc2ccc(C(=N)N)cn2)CC1C. The quantitative estimate of drug-likeness (QED) is 0.637. The maximum Gasteiger partial charge on any atom is 0.213 e. The average Bonchev–Trinajstić information content (AvgIpc) is 2.34. The lowest BCUT2D eigenvalue weighted by molar-refractivity contribution is 0.0964. The molecule has 3 atom stereocenters. The molecule has 0 radical (unpaired) electrons. The summed E-state index contributed by atoms with van der Waals surface area (Å²) in [6.45, 7) is 4.59. The van der Waals surface area contributed by atoms with Gasteiger partial charge < -0.3 is 10.5 Å². The van der Waals surface area contributed by atoms with Crippen molar-refractivity contribution >= 4 is 5.84 Å². The van der Waals surface area contributed by atoms with Crippen LogP contribution >= 0.6 is 0 Å². The Kier molecular flexibility index (Phi) is 3.84.